The van der Waals surface area contributed by atoms with Gasteiger partial charge in [-0.05, 0) is 44.4 Å². The normalized spacial score (nSPS) is 12.8. The first kappa shape index (κ1) is 12.1. The maximum absolute atomic E-state index is 6.09. The number of rotatable bonds is 5. The molecule has 0 amide bonds. The monoisotopic (exact) mass is 208 g/mol. The predicted octanol–water partition coefficient (Wildman–Crippen LogP) is 2.12. The molecule has 2 N–H and O–H groups in total. The standard InChI is InChI=1S/C12H20N2O/c1-9-7-11(8-10(2)14-9)12(13)5-4-6-15-3/h7-8,12H,4-6,13H2,1-3H3. The smallest absolute Gasteiger partial charge is 0.0462 e. The van der Waals surface area contributed by atoms with Gasteiger partial charge in [0.05, 0.1) is 0 Å². The van der Waals surface area contributed by atoms with Gasteiger partial charge in [0.2, 0.25) is 0 Å². The number of ether oxygens (including phenoxy) is 1. The molecule has 0 radical (unpaired) electrons. The lowest BCUT2D eigenvalue weighted by Crippen LogP contribution is -2.12. The number of aromatic nitrogens is 1. The zero-order valence-electron chi connectivity index (χ0n) is 9.79. The van der Waals surface area contributed by atoms with E-state index in [4.69, 9.17) is 10.5 Å². The Morgan fingerprint density at radius 3 is 2.47 bits per heavy atom. The van der Waals surface area contributed by atoms with E-state index in [0.717, 1.165) is 30.8 Å². The summed E-state index contributed by atoms with van der Waals surface area (Å²) in [4.78, 5) is 4.33. The van der Waals surface area contributed by atoms with Crippen molar-refractivity contribution in [1.82, 2.24) is 4.98 Å². The van der Waals surface area contributed by atoms with Gasteiger partial charge in [0.1, 0.15) is 0 Å². The van der Waals surface area contributed by atoms with Crippen LogP contribution in [0.1, 0.15) is 35.8 Å². The number of hydrogen-bond donors (Lipinski definition) is 1. The minimum absolute atomic E-state index is 0.0977. The van der Waals surface area contributed by atoms with E-state index in [9.17, 15) is 0 Å². The van der Waals surface area contributed by atoms with E-state index >= 15 is 0 Å². The molecule has 0 fully saturated rings. The van der Waals surface area contributed by atoms with Crippen LogP contribution in [0, 0.1) is 13.8 Å². The highest BCUT2D eigenvalue weighted by Crippen LogP contribution is 2.17. The largest absolute Gasteiger partial charge is 0.385 e. The lowest BCUT2D eigenvalue weighted by molar-refractivity contribution is 0.190. The first-order chi connectivity index (χ1) is 7.13. The van der Waals surface area contributed by atoms with Gasteiger partial charge in [-0.3, -0.25) is 4.98 Å². The molecular weight excluding hydrogens is 188 g/mol. The molecule has 1 aromatic heterocycles. The zero-order chi connectivity index (χ0) is 11.3. The highest BCUT2D eigenvalue weighted by Gasteiger charge is 2.07. The highest BCUT2D eigenvalue weighted by molar-refractivity contribution is 5.23. The summed E-state index contributed by atoms with van der Waals surface area (Å²) in [5, 5.41) is 0. The van der Waals surface area contributed by atoms with E-state index in [2.05, 4.69) is 17.1 Å². The molecule has 0 saturated heterocycles. The molecule has 0 aliphatic heterocycles. The maximum Gasteiger partial charge on any atom is 0.0462 e. The summed E-state index contributed by atoms with van der Waals surface area (Å²) in [7, 11) is 1.71. The summed E-state index contributed by atoms with van der Waals surface area (Å²) in [5.41, 5.74) is 9.34. The van der Waals surface area contributed by atoms with Crippen LogP contribution >= 0.6 is 0 Å². The quantitative estimate of drug-likeness (QED) is 0.754. The topological polar surface area (TPSA) is 48.1 Å². The minimum atomic E-state index is 0.0977. The van der Waals surface area contributed by atoms with Gasteiger partial charge < -0.3 is 10.5 Å². The third kappa shape index (κ3) is 3.98. The molecule has 3 heteroatoms. The molecule has 0 aliphatic carbocycles. The molecule has 0 aliphatic rings. The van der Waals surface area contributed by atoms with Crippen molar-refractivity contribution in [2.75, 3.05) is 13.7 Å². The average Bonchev–Trinajstić information content (AvgIpc) is 2.16. The summed E-state index contributed by atoms with van der Waals surface area (Å²) in [6.07, 6.45) is 1.95. The number of pyridine rings is 1. The number of nitrogens with zero attached hydrogens (tertiary/aromatic N) is 1. The van der Waals surface area contributed by atoms with Gasteiger partial charge in [-0.2, -0.15) is 0 Å². The van der Waals surface area contributed by atoms with E-state index in [1.165, 1.54) is 5.56 Å². The average molecular weight is 208 g/mol. The van der Waals surface area contributed by atoms with Crippen LogP contribution in [-0.2, 0) is 4.74 Å². The third-order valence-electron chi connectivity index (χ3n) is 2.40. The van der Waals surface area contributed by atoms with Gasteiger partial charge in [0.15, 0.2) is 0 Å². The van der Waals surface area contributed by atoms with Crippen molar-refractivity contribution in [2.45, 2.75) is 32.7 Å². The first-order valence-electron chi connectivity index (χ1n) is 5.33. The fourth-order valence-electron chi connectivity index (χ4n) is 1.70. The van der Waals surface area contributed by atoms with Gasteiger partial charge in [-0.1, -0.05) is 0 Å². The lowest BCUT2D eigenvalue weighted by atomic mass is 10.0. The van der Waals surface area contributed by atoms with Crippen molar-refractivity contribution in [3.05, 3.63) is 29.1 Å². The second kappa shape index (κ2) is 5.83. The Hall–Kier alpha value is -0.930. The van der Waals surface area contributed by atoms with Crippen LogP contribution < -0.4 is 5.73 Å². The second-order valence-electron chi connectivity index (χ2n) is 3.92. The molecule has 0 bridgehead atoms. The summed E-state index contributed by atoms with van der Waals surface area (Å²) in [5.74, 6) is 0. The van der Waals surface area contributed by atoms with Crippen LogP contribution in [0.2, 0.25) is 0 Å². The zero-order valence-corrected chi connectivity index (χ0v) is 9.79. The molecule has 1 rings (SSSR count). The minimum Gasteiger partial charge on any atom is -0.385 e. The fourth-order valence-corrected chi connectivity index (χ4v) is 1.70. The van der Waals surface area contributed by atoms with Crippen molar-refractivity contribution in [3.8, 4) is 0 Å². The second-order valence-corrected chi connectivity index (χ2v) is 3.92. The van der Waals surface area contributed by atoms with Crippen LogP contribution in [0.5, 0.6) is 0 Å². The van der Waals surface area contributed by atoms with Crippen molar-refractivity contribution >= 4 is 0 Å². The van der Waals surface area contributed by atoms with Crippen LogP contribution in [0.15, 0.2) is 12.1 Å². The Bertz CT molecular complexity index is 292. The maximum atomic E-state index is 6.09. The molecular formula is C12H20N2O. The van der Waals surface area contributed by atoms with Gasteiger partial charge in [-0.15, -0.1) is 0 Å². The Morgan fingerprint density at radius 1 is 1.33 bits per heavy atom. The van der Waals surface area contributed by atoms with Crippen molar-refractivity contribution in [1.29, 1.82) is 0 Å². The Kier molecular flexibility index (Phi) is 4.72. The van der Waals surface area contributed by atoms with Gasteiger partial charge in [-0.25, -0.2) is 0 Å². The SMILES string of the molecule is COCCCC(N)c1cc(C)nc(C)c1. The Labute approximate surface area is 91.7 Å². The molecule has 0 saturated carbocycles. The van der Waals surface area contributed by atoms with Crippen LogP contribution in [0.3, 0.4) is 0 Å². The van der Waals surface area contributed by atoms with E-state index in [-0.39, 0.29) is 6.04 Å². The van der Waals surface area contributed by atoms with Gasteiger partial charge in [0.25, 0.3) is 0 Å². The Morgan fingerprint density at radius 2 is 1.93 bits per heavy atom. The predicted molar refractivity (Wildman–Crippen MR) is 61.7 cm³/mol. The van der Waals surface area contributed by atoms with Crippen LogP contribution in [0.25, 0.3) is 0 Å². The summed E-state index contributed by atoms with van der Waals surface area (Å²) in [6.45, 7) is 4.77. The molecule has 84 valence electrons. The summed E-state index contributed by atoms with van der Waals surface area (Å²) in [6, 6.07) is 4.22. The van der Waals surface area contributed by atoms with Gasteiger partial charge in [0, 0.05) is 31.1 Å². The fraction of sp³-hybridized carbons (Fsp3) is 0.583. The molecule has 1 heterocycles. The van der Waals surface area contributed by atoms with Crippen LogP contribution in [-0.4, -0.2) is 18.7 Å². The summed E-state index contributed by atoms with van der Waals surface area (Å²) >= 11 is 0. The highest BCUT2D eigenvalue weighted by atomic mass is 16.5. The van der Waals surface area contributed by atoms with Crippen molar-refractivity contribution in [2.24, 2.45) is 5.73 Å². The van der Waals surface area contributed by atoms with E-state index in [0.29, 0.717) is 0 Å². The van der Waals surface area contributed by atoms with E-state index < -0.39 is 0 Å². The number of aryl methyl sites for hydroxylation is 2. The summed E-state index contributed by atoms with van der Waals surface area (Å²) < 4.78 is 5.01. The molecule has 0 aromatic carbocycles. The number of hydrogen-bond acceptors (Lipinski definition) is 3. The van der Waals surface area contributed by atoms with Crippen LogP contribution in [0.4, 0.5) is 0 Å². The number of methoxy groups -OCH3 is 1. The van der Waals surface area contributed by atoms with Gasteiger partial charge >= 0.3 is 0 Å². The first-order valence-corrected chi connectivity index (χ1v) is 5.33. The van der Waals surface area contributed by atoms with E-state index in [1.54, 1.807) is 7.11 Å². The van der Waals surface area contributed by atoms with Crippen molar-refractivity contribution < 1.29 is 4.74 Å². The van der Waals surface area contributed by atoms with E-state index in [1.807, 2.05) is 13.8 Å². The Balaban J connectivity index is 2.60. The lowest BCUT2D eigenvalue weighted by Gasteiger charge is -2.12. The molecule has 1 unspecified atom stereocenters. The van der Waals surface area contributed by atoms with Crippen molar-refractivity contribution in [3.63, 3.8) is 0 Å². The molecule has 1 aromatic rings. The molecule has 3 nitrogen and oxygen atoms in total. The molecule has 15 heavy (non-hydrogen) atoms. The third-order valence-corrected chi connectivity index (χ3v) is 2.40. The molecule has 0 spiro atoms. The molecule has 1 atom stereocenters. The number of nitrogens with two attached hydrogens (primary N) is 1.